The molecule has 0 aliphatic carbocycles. The Kier molecular flexibility index (Phi) is 7.36. The average Bonchev–Trinajstić information content (AvgIpc) is 2.76. The lowest BCUT2D eigenvalue weighted by atomic mass is 10.1. The molecule has 0 saturated heterocycles. The van der Waals surface area contributed by atoms with Crippen LogP contribution in [0.4, 0.5) is 5.69 Å². The summed E-state index contributed by atoms with van der Waals surface area (Å²) in [5, 5.41) is 6.19. The van der Waals surface area contributed by atoms with Crippen LogP contribution >= 0.6 is 0 Å². The van der Waals surface area contributed by atoms with Crippen LogP contribution in [-0.4, -0.2) is 19.5 Å². The van der Waals surface area contributed by atoms with E-state index in [2.05, 4.69) is 22.8 Å². The Morgan fingerprint density at radius 2 is 1.54 bits per heavy atom. The number of hydrogen-bond donors (Lipinski definition) is 2. The van der Waals surface area contributed by atoms with Gasteiger partial charge in [0.25, 0.3) is 5.91 Å². The quantitative estimate of drug-likeness (QED) is 0.565. The SMILES string of the molecule is CNCCC(OCc1ccccc1NC(=O)c1ccccc1)c1ccccc1. The van der Waals surface area contributed by atoms with Gasteiger partial charge < -0.3 is 15.4 Å². The van der Waals surface area contributed by atoms with Crippen LogP contribution in [-0.2, 0) is 11.3 Å². The molecule has 0 fully saturated rings. The minimum atomic E-state index is -0.122. The zero-order chi connectivity index (χ0) is 19.6. The number of nitrogens with one attached hydrogen (secondary N) is 2. The van der Waals surface area contributed by atoms with E-state index in [1.165, 1.54) is 0 Å². The molecule has 144 valence electrons. The van der Waals surface area contributed by atoms with Gasteiger partial charge in [0.2, 0.25) is 0 Å². The van der Waals surface area contributed by atoms with Gasteiger partial charge in [-0.05, 0) is 43.8 Å². The highest BCUT2D eigenvalue weighted by Crippen LogP contribution is 2.25. The van der Waals surface area contributed by atoms with Crippen molar-refractivity contribution in [3.63, 3.8) is 0 Å². The fraction of sp³-hybridized carbons (Fsp3) is 0.208. The maximum atomic E-state index is 12.5. The van der Waals surface area contributed by atoms with Crippen LogP contribution in [0.15, 0.2) is 84.9 Å². The van der Waals surface area contributed by atoms with Gasteiger partial charge >= 0.3 is 0 Å². The highest BCUT2D eigenvalue weighted by Gasteiger charge is 2.14. The Balaban J connectivity index is 1.70. The molecule has 0 aromatic heterocycles. The predicted molar refractivity (Wildman–Crippen MR) is 113 cm³/mol. The van der Waals surface area contributed by atoms with Crippen molar-refractivity contribution >= 4 is 11.6 Å². The van der Waals surface area contributed by atoms with Crippen molar-refractivity contribution in [3.8, 4) is 0 Å². The second-order valence-corrected chi connectivity index (χ2v) is 6.58. The maximum absolute atomic E-state index is 12.5. The van der Waals surface area contributed by atoms with Crippen LogP contribution in [0.1, 0.15) is 34.0 Å². The van der Waals surface area contributed by atoms with Gasteiger partial charge in [-0.15, -0.1) is 0 Å². The van der Waals surface area contributed by atoms with E-state index in [1.807, 2.05) is 67.7 Å². The minimum absolute atomic E-state index is 0.00784. The summed E-state index contributed by atoms with van der Waals surface area (Å²) in [7, 11) is 1.94. The highest BCUT2D eigenvalue weighted by atomic mass is 16.5. The number of amides is 1. The molecule has 0 saturated carbocycles. The van der Waals surface area contributed by atoms with E-state index in [0.29, 0.717) is 12.2 Å². The normalized spacial score (nSPS) is 11.8. The Bertz CT molecular complexity index is 866. The van der Waals surface area contributed by atoms with E-state index in [0.717, 1.165) is 29.8 Å². The first-order valence-electron chi connectivity index (χ1n) is 9.53. The number of rotatable bonds is 9. The smallest absolute Gasteiger partial charge is 0.255 e. The maximum Gasteiger partial charge on any atom is 0.255 e. The van der Waals surface area contributed by atoms with Crippen molar-refractivity contribution in [2.45, 2.75) is 19.1 Å². The number of ether oxygens (including phenoxy) is 1. The van der Waals surface area contributed by atoms with Gasteiger partial charge in [0.15, 0.2) is 0 Å². The molecule has 0 aliphatic rings. The molecule has 3 aromatic rings. The van der Waals surface area contributed by atoms with Crippen LogP contribution in [0, 0.1) is 0 Å². The van der Waals surface area contributed by atoms with Gasteiger partial charge in [0, 0.05) is 16.8 Å². The van der Waals surface area contributed by atoms with Crippen LogP contribution in [0.5, 0.6) is 0 Å². The van der Waals surface area contributed by atoms with Gasteiger partial charge in [-0.25, -0.2) is 0 Å². The van der Waals surface area contributed by atoms with Crippen molar-refractivity contribution < 1.29 is 9.53 Å². The van der Waals surface area contributed by atoms with Crippen molar-refractivity contribution in [1.82, 2.24) is 5.32 Å². The van der Waals surface area contributed by atoms with Gasteiger partial charge in [-0.2, -0.15) is 0 Å². The summed E-state index contributed by atoms with van der Waals surface area (Å²) in [5.74, 6) is -0.122. The van der Waals surface area contributed by atoms with Crippen LogP contribution < -0.4 is 10.6 Å². The zero-order valence-corrected chi connectivity index (χ0v) is 16.1. The summed E-state index contributed by atoms with van der Waals surface area (Å²) >= 11 is 0. The lowest BCUT2D eigenvalue weighted by Crippen LogP contribution is -2.16. The molecule has 1 unspecified atom stereocenters. The Hall–Kier alpha value is -2.95. The molecule has 28 heavy (non-hydrogen) atoms. The van der Waals surface area contributed by atoms with Crippen molar-refractivity contribution in [1.29, 1.82) is 0 Å². The minimum Gasteiger partial charge on any atom is -0.369 e. The number of carbonyl (C=O) groups is 1. The number of anilines is 1. The Morgan fingerprint density at radius 3 is 2.25 bits per heavy atom. The summed E-state index contributed by atoms with van der Waals surface area (Å²) in [4.78, 5) is 12.5. The number of benzene rings is 3. The molecular weight excluding hydrogens is 348 g/mol. The average molecular weight is 374 g/mol. The van der Waals surface area contributed by atoms with E-state index in [4.69, 9.17) is 4.74 Å². The van der Waals surface area contributed by atoms with E-state index >= 15 is 0 Å². The third-order valence-electron chi connectivity index (χ3n) is 4.57. The molecule has 0 spiro atoms. The monoisotopic (exact) mass is 374 g/mol. The van der Waals surface area contributed by atoms with E-state index in [-0.39, 0.29) is 12.0 Å². The molecule has 2 N–H and O–H groups in total. The third-order valence-corrected chi connectivity index (χ3v) is 4.57. The van der Waals surface area contributed by atoms with Crippen LogP contribution in [0.2, 0.25) is 0 Å². The van der Waals surface area contributed by atoms with Crippen LogP contribution in [0.3, 0.4) is 0 Å². The van der Waals surface area contributed by atoms with E-state index in [9.17, 15) is 4.79 Å². The molecule has 1 atom stereocenters. The summed E-state index contributed by atoms with van der Waals surface area (Å²) < 4.78 is 6.25. The third kappa shape index (κ3) is 5.52. The summed E-state index contributed by atoms with van der Waals surface area (Å²) in [6.45, 7) is 1.29. The summed E-state index contributed by atoms with van der Waals surface area (Å²) in [6, 6.07) is 27.2. The van der Waals surface area contributed by atoms with Gasteiger partial charge in [-0.1, -0.05) is 66.7 Å². The second kappa shape index (κ2) is 10.4. The van der Waals surface area contributed by atoms with Crippen molar-refractivity contribution in [2.75, 3.05) is 18.9 Å². The molecule has 0 bridgehead atoms. The zero-order valence-electron chi connectivity index (χ0n) is 16.1. The summed E-state index contributed by atoms with van der Waals surface area (Å²) in [6.07, 6.45) is 0.866. The molecule has 3 rings (SSSR count). The predicted octanol–water partition coefficient (Wildman–Crippen LogP) is 4.81. The fourth-order valence-electron chi connectivity index (χ4n) is 3.03. The molecular formula is C24H26N2O2. The lowest BCUT2D eigenvalue weighted by Gasteiger charge is -2.20. The lowest BCUT2D eigenvalue weighted by molar-refractivity contribution is 0.0347. The number of para-hydroxylation sites is 1. The molecule has 3 aromatic carbocycles. The van der Waals surface area contributed by atoms with Crippen molar-refractivity contribution in [2.24, 2.45) is 0 Å². The van der Waals surface area contributed by atoms with Gasteiger partial charge in [-0.3, -0.25) is 4.79 Å². The molecule has 4 heteroatoms. The van der Waals surface area contributed by atoms with E-state index < -0.39 is 0 Å². The topological polar surface area (TPSA) is 50.4 Å². The largest absolute Gasteiger partial charge is 0.369 e. The van der Waals surface area contributed by atoms with Gasteiger partial charge in [0.1, 0.15) is 0 Å². The molecule has 1 amide bonds. The standard InChI is InChI=1S/C24H26N2O2/c1-25-17-16-23(19-10-4-2-5-11-19)28-18-21-14-8-9-15-22(21)26-24(27)20-12-6-3-7-13-20/h2-15,23,25H,16-18H2,1H3,(H,26,27). The molecule has 0 aliphatic heterocycles. The molecule has 0 heterocycles. The summed E-state index contributed by atoms with van der Waals surface area (Å²) in [5.41, 5.74) is 3.52. The second-order valence-electron chi connectivity index (χ2n) is 6.58. The Labute approximate surface area is 166 Å². The number of carbonyl (C=O) groups excluding carboxylic acids is 1. The Morgan fingerprint density at radius 1 is 0.893 bits per heavy atom. The first kappa shape index (κ1) is 19.8. The first-order valence-corrected chi connectivity index (χ1v) is 9.53. The number of hydrogen-bond acceptors (Lipinski definition) is 3. The first-order chi connectivity index (χ1) is 13.8. The van der Waals surface area contributed by atoms with Gasteiger partial charge in [0.05, 0.1) is 12.7 Å². The van der Waals surface area contributed by atoms with Crippen LogP contribution in [0.25, 0.3) is 0 Å². The highest BCUT2D eigenvalue weighted by molar-refractivity contribution is 6.04. The molecule has 0 radical (unpaired) electrons. The molecule has 4 nitrogen and oxygen atoms in total. The fourth-order valence-corrected chi connectivity index (χ4v) is 3.03. The van der Waals surface area contributed by atoms with Crippen molar-refractivity contribution in [3.05, 3.63) is 102 Å². The van der Waals surface area contributed by atoms with E-state index in [1.54, 1.807) is 12.1 Å².